The van der Waals surface area contributed by atoms with Gasteiger partial charge in [0.1, 0.15) is 0 Å². The van der Waals surface area contributed by atoms with Gasteiger partial charge in [-0.25, -0.2) is 4.68 Å². The lowest BCUT2D eigenvalue weighted by Gasteiger charge is -2.13. The van der Waals surface area contributed by atoms with Crippen LogP contribution in [-0.4, -0.2) is 20.0 Å². The summed E-state index contributed by atoms with van der Waals surface area (Å²) in [6.07, 6.45) is 2.43. The maximum Gasteiger partial charge on any atom is 0.176 e. The Kier molecular flexibility index (Phi) is 3.94. The Morgan fingerprint density at radius 3 is 2.57 bits per heavy atom. The summed E-state index contributed by atoms with van der Waals surface area (Å²) >= 11 is 5.75. The molecule has 1 aromatic carbocycles. The van der Waals surface area contributed by atoms with E-state index in [9.17, 15) is 0 Å². The summed E-state index contributed by atoms with van der Waals surface area (Å²) in [5.74, 6) is 0.600. The third kappa shape index (κ3) is 3.09. The van der Waals surface area contributed by atoms with Gasteiger partial charge in [0.15, 0.2) is 11.0 Å². The summed E-state index contributed by atoms with van der Waals surface area (Å²) in [4.78, 5) is 0. The predicted molar refractivity (Wildman–Crippen MR) is 81.2 cm³/mol. The number of aromatic nitrogens is 4. The van der Waals surface area contributed by atoms with E-state index in [1.165, 1.54) is 5.56 Å². The summed E-state index contributed by atoms with van der Waals surface area (Å²) in [5, 5.41) is 12.5. The van der Waals surface area contributed by atoms with Crippen molar-refractivity contribution in [3.8, 4) is 5.82 Å². The largest absolute Gasteiger partial charge is 0.322 e. The van der Waals surface area contributed by atoms with Gasteiger partial charge in [0.05, 0.1) is 11.7 Å². The van der Waals surface area contributed by atoms with Gasteiger partial charge in [0.25, 0.3) is 0 Å². The highest BCUT2D eigenvalue weighted by atomic mass is 35.5. The van der Waals surface area contributed by atoms with Crippen molar-refractivity contribution in [1.82, 2.24) is 20.0 Å². The molecule has 0 amide bonds. The molecule has 106 valence electrons. The summed E-state index contributed by atoms with van der Waals surface area (Å²) < 4.78 is 1.69. The zero-order valence-corrected chi connectivity index (χ0v) is 12.0. The van der Waals surface area contributed by atoms with Gasteiger partial charge in [0, 0.05) is 6.20 Å². The van der Waals surface area contributed by atoms with E-state index in [1.807, 2.05) is 24.3 Å². The molecule has 0 aliphatic rings. The second-order valence-corrected chi connectivity index (χ2v) is 5.07. The quantitative estimate of drug-likeness (QED) is 0.804. The van der Waals surface area contributed by atoms with E-state index < -0.39 is 0 Å². The number of halogens is 1. The van der Waals surface area contributed by atoms with E-state index in [2.05, 4.69) is 27.4 Å². The molecule has 0 aliphatic heterocycles. The highest BCUT2D eigenvalue weighted by Gasteiger charge is 2.14. The fourth-order valence-electron chi connectivity index (χ4n) is 2.18. The van der Waals surface area contributed by atoms with Gasteiger partial charge in [0.2, 0.25) is 0 Å². The van der Waals surface area contributed by atoms with Crippen LogP contribution in [0.1, 0.15) is 17.3 Å². The summed E-state index contributed by atoms with van der Waals surface area (Å²) in [5.41, 5.74) is 8.37. The second-order valence-electron chi connectivity index (χ2n) is 4.68. The van der Waals surface area contributed by atoms with Crippen molar-refractivity contribution >= 4 is 11.6 Å². The molecular weight excluding hydrogens is 286 g/mol. The Labute approximate surface area is 127 Å². The van der Waals surface area contributed by atoms with Crippen molar-refractivity contribution in [1.29, 1.82) is 0 Å². The van der Waals surface area contributed by atoms with E-state index >= 15 is 0 Å². The highest BCUT2D eigenvalue weighted by Crippen LogP contribution is 2.18. The summed E-state index contributed by atoms with van der Waals surface area (Å²) in [7, 11) is 0. The van der Waals surface area contributed by atoms with Crippen molar-refractivity contribution in [2.75, 3.05) is 0 Å². The Hall–Kier alpha value is -2.24. The topological polar surface area (TPSA) is 69.6 Å². The number of hydrogen-bond donors (Lipinski definition) is 1. The van der Waals surface area contributed by atoms with Crippen LogP contribution in [0.15, 0.2) is 54.7 Å². The first-order chi connectivity index (χ1) is 10.2. The highest BCUT2D eigenvalue weighted by molar-refractivity contribution is 6.29. The van der Waals surface area contributed by atoms with E-state index in [0.29, 0.717) is 11.0 Å². The Morgan fingerprint density at radius 1 is 1.05 bits per heavy atom. The number of benzene rings is 1. The molecule has 0 unspecified atom stereocenters. The van der Waals surface area contributed by atoms with Crippen LogP contribution in [0.3, 0.4) is 0 Å². The van der Waals surface area contributed by atoms with Crippen LogP contribution < -0.4 is 5.73 Å². The summed E-state index contributed by atoms with van der Waals surface area (Å²) in [6, 6.07) is 15.3. The van der Waals surface area contributed by atoms with Gasteiger partial charge in [-0.3, -0.25) is 0 Å². The molecule has 2 heterocycles. The van der Waals surface area contributed by atoms with Crippen LogP contribution in [0.2, 0.25) is 5.15 Å². The minimum absolute atomic E-state index is 0.174. The normalized spacial score (nSPS) is 12.3. The fourth-order valence-corrected chi connectivity index (χ4v) is 2.28. The molecule has 0 fully saturated rings. The molecule has 2 N–H and O–H groups in total. The predicted octanol–water partition coefficient (Wildman–Crippen LogP) is 2.56. The number of hydrogen-bond acceptors (Lipinski definition) is 4. The fraction of sp³-hybridized carbons (Fsp3) is 0.133. The zero-order valence-electron chi connectivity index (χ0n) is 11.2. The van der Waals surface area contributed by atoms with Crippen LogP contribution in [0.5, 0.6) is 0 Å². The Morgan fingerprint density at radius 2 is 1.86 bits per heavy atom. The first-order valence-electron chi connectivity index (χ1n) is 6.57. The third-order valence-electron chi connectivity index (χ3n) is 3.19. The van der Waals surface area contributed by atoms with Crippen molar-refractivity contribution in [2.24, 2.45) is 5.73 Å². The van der Waals surface area contributed by atoms with Crippen molar-refractivity contribution < 1.29 is 0 Å². The maximum absolute atomic E-state index is 6.30. The molecule has 0 radical (unpaired) electrons. The van der Waals surface area contributed by atoms with E-state index in [0.717, 1.165) is 12.1 Å². The minimum Gasteiger partial charge on any atom is -0.322 e. The molecule has 0 saturated heterocycles. The van der Waals surface area contributed by atoms with E-state index in [4.69, 9.17) is 17.3 Å². The average Bonchev–Trinajstić information content (AvgIpc) is 2.98. The smallest absolute Gasteiger partial charge is 0.176 e. The molecule has 6 heteroatoms. The van der Waals surface area contributed by atoms with Crippen LogP contribution >= 0.6 is 11.6 Å². The number of nitrogens with two attached hydrogens (primary N) is 1. The molecule has 1 atom stereocenters. The second kappa shape index (κ2) is 6.03. The SMILES string of the molecule is N[C@@H](Cc1ccccc1)c1ccnn1-c1ccc(Cl)nn1. The molecule has 5 nitrogen and oxygen atoms in total. The van der Waals surface area contributed by atoms with Gasteiger partial charge in [-0.1, -0.05) is 41.9 Å². The lowest BCUT2D eigenvalue weighted by molar-refractivity contribution is 0.644. The molecule has 3 rings (SSSR count). The monoisotopic (exact) mass is 299 g/mol. The molecule has 0 bridgehead atoms. The number of rotatable bonds is 4. The lowest BCUT2D eigenvalue weighted by Crippen LogP contribution is -2.18. The number of nitrogens with zero attached hydrogens (tertiary/aromatic N) is 4. The summed E-state index contributed by atoms with van der Waals surface area (Å²) in [6.45, 7) is 0. The first-order valence-corrected chi connectivity index (χ1v) is 6.95. The van der Waals surface area contributed by atoms with Gasteiger partial charge in [-0.05, 0) is 30.2 Å². The molecular formula is C15H14ClN5. The van der Waals surface area contributed by atoms with Crippen LogP contribution in [0, 0.1) is 0 Å². The van der Waals surface area contributed by atoms with Crippen molar-refractivity contribution in [2.45, 2.75) is 12.5 Å². The Balaban J connectivity index is 1.86. The van der Waals surface area contributed by atoms with Crippen LogP contribution in [-0.2, 0) is 6.42 Å². The van der Waals surface area contributed by atoms with Gasteiger partial charge in [-0.15, -0.1) is 10.2 Å². The first kappa shape index (κ1) is 13.7. The van der Waals surface area contributed by atoms with Gasteiger partial charge < -0.3 is 5.73 Å². The van der Waals surface area contributed by atoms with Crippen molar-refractivity contribution in [3.63, 3.8) is 0 Å². The zero-order chi connectivity index (χ0) is 14.7. The lowest BCUT2D eigenvalue weighted by atomic mass is 10.0. The average molecular weight is 300 g/mol. The molecule has 0 spiro atoms. The molecule has 2 aromatic heterocycles. The van der Waals surface area contributed by atoms with E-state index in [1.54, 1.807) is 23.0 Å². The molecule has 21 heavy (non-hydrogen) atoms. The third-order valence-corrected chi connectivity index (χ3v) is 3.39. The Bertz CT molecular complexity index is 708. The van der Waals surface area contributed by atoms with Gasteiger partial charge >= 0.3 is 0 Å². The molecule has 0 aliphatic carbocycles. The van der Waals surface area contributed by atoms with Crippen molar-refractivity contribution in [3.05, 3.63) is 71.1 Å². The minimum atomic E-state index is -0.174. The maximum atomic E-state index is 6.30. The van der Waals surface area contributed by atoms with Gasteiger partial charge in [-0.2, -0.15) is 5.10 Å². The molecule has 0 saturated carbocycles. The van der Waals surface area contributed by atoms with E-state index in [-0.39, 0.29) is 6.04 Å². The van der Waals surface area contributed by atoms with Crippen LogP contribution in [0.4, 0.5) is 0 Å². The standard InChI is InChI=1S/C15H14ClN5/c16-14-6-7-15(20-19-14)21-13(8-9-18-21)12(17)10-11-4-2-1-3-5-11/h1-9,12H,10,17H2/t12-/m0/s1. The molecule has 3 aromatic rings. The van der Waals surface area contributed by atoms with Crippen LogP contribution in [0.25, 0.3) is 5.82 Å².